The Morgan fingerprint density at radius 1 is 1.38 bits per heavy atom. The van der Waals surface area contributed by atoms with E-state index in [0.29, 0.717) is 5.69 Å². The molecule has 0 atom stereocenters. The molecule has 3 N–H and O–H groups in total. The molecule has 110 valence electrons. The molecule has 0 bridgehead atoms. The number of nitrogens with two attached hydrogens (primary N) is 1. The van der Waals surface area contributed by atoms with Crippen LogP contribution in [0.25, 0.3) is 0 Å². The number of methoxy groups -OCH3 is 1. The second kappa shape index (κ2) is 6.17. The lowest BCUT2D eigenvalue weighted by molar-refractivity contribution is 0.0996. The van der Waals surface area contributed by atoms with Gasteiger partial charge in [0, 0.05) is 18.2 Å². The van der Waals surface area contributed by atoms with Crippen molar-refractivity contribution in [3.63, 3.8) is 0 Å². The summed E-state index contributed by atoms with van der Waals surface area (Å²) in [4.78, 5) is 15.2. The smallest absolute Gasteiger partial charge is 0.254 e. The molecule has 0 unspecified atom stereocenters. The van der Waals surface area contributed by atoms with E-state index in [2.05, 4.69) is 10.3 Å². The van der Waals surface area contributed by atoms with E-state index in [0.717, 1.165) is 6.07 Å². The SMILES string of the molecule is COc1ncc(NCc2ccc(F)cc2F)cc1C(N)=O. The molecule has 0 saturated heterocycles. The highest BCUT2D eigenvalue weighted by atomic mass is 19.1. The number of anilines is 1. The number of carbonyl (C=O) groups excluding carboxylic acids is 1. The van der Waals surface area contributed by atoms with Crippen LogP contribution in [0.1, 0.15) is 15.9 Å². The molecule has 2 aromatic rings. The first-order valence-electron chi connectivity index (χ1n) is 6.03. The number of halogens is 2. The summed E-state index contributed by atoms with van der Waals surface area (Å²) in [6, 6.07) is 4.76. The predicted octanol–water partition coefficient (Wildman–Crippen LogP) is 2.08. The third kappa shape index (κ3) is 3.44. The Labute approximate surface area is 119 Å². The lowest BCUT2D eigenvalue weighted by Gasteiger charge is -2.10. The molecule has 1 heterocycles. The summed E-state index contributed by atoms with van der Waals surface area (Å²) in [6.07, 6.45) is 1.42. The molecule has 1 aromatic heterocycles. The van der Waals surface area contributed by atoms with Crippen molar-refractivity contribution in [2.24, 2.45) is 5.73 Å². The highest BCUT2D eigenvalue weighted by molar-refractivity contribution is 5.95. The number of amides is 1. The molecule has 0 aliphatic rings. The first-order valence-corrected chi connectivity index (χ1v) is 6.03. The highest BCUT2D eigenvalue weighted by Gasteiger charge is 2.11. The van der Waals surface area contributed by atoms with Gasteiger partial charge in [0.1, 0.15) is 17.2 Å². The number of carbonyl (C=O) groups is 1. The number of nitrogens with one attached hydrogen (secondary N) is 1. The summed E-state index contributed by atoms with van der Waals surface area (Å²) in [5, 5.41) is 2.88. The standard InChI is InChI=1S/C14H13F2N3O2/c1-21-14-11(13(17)20)5-10(7-19-14)18-6-8-2-3-9(15)4-12(8)16/h2-5,7,18H,6H2,1H3,(H2,17,20). The van der Waals surface area contributed by atoms with Gasteiger partial charge in [-0.25, -0.2) is 13.8 Å². The predicted molar refractivity (Wildman–Crippen MR) is 73.0 cm³/mol. The average Bonchev–Trinajstić information content (AvgIpc) is 2.46. The first-order chi connectivity index (χ1) is 10.0. The summed E-state index contributed by atoms with van der Waals surface area (Å²) in [5.41, 5.74) is 6.08. The number of ether oxygens (including phenoxy) is 1. The average molecular weight is 293 g/mol. The molecule has 0 radical (unpaired) electrons. The Morgan fingerprint density at radius 3 is 2.76 bits per heavy atom. The fourth-order valence-corrected chi connectivity index (χ4v) is 1.75. The van der Waals surface area contributed by atoms with E-state index in [1.165, 1.54) is 31.5 Å². The van der Waals surface area contributed by atoms with Crippen molar-refractivity contribution in [2.75, 3.05) is 12.4 Å². The van der Waals surface area contributed by atoms with E-state index in [1.54, 1.807) is 0 Å². The minimum atomic E-state index is -0.684. The maximum atomic E-state index is 13.5. The van der Waals surface area contributed by atoms with Crippen molar-refractivity contribution in [1.82, 2.24) is 4.98 Å². The fraction of sp³-hybridized carbons (Fsp3) is 0.143. The molecule has 0 aliphatic heterocycles. The van der Waals surface area contributed by atoms with Crippen LogP contribution in [0.5, 0.6) is 5.88 Å². The normalized spacial score (nSPS) is 10.2. The van der Waals surface area contributed by atoms with Crippen LogP contribution in [0.2, 0.25) is 0 Å². The molecule has 1 amide bonds. The Kier molecular flexibility index (Phi) is 4.32. The molecular weight excluding hydrogens is 280 g/mol. The van der Waals surface area contributed by atoms with E-state index in [9.17, 15) is 13.6 Å². The number of rotatable bonds is 5. The van der Waals surface area contributed by atoms with Gasteiger partial charge in [-0.1, -0.05) is 6.07 Å². The zero-order valence-corrected chi connectivity index (χ0v) is 11.2. The van der Waals surface area contributed by atoms with Crippen LogP contribution in [-0.2, 0) is 6.54 Å². The van der Waals surface area contributed by atoms with Gasteiger partial charge in [0.05, 0.1) is 19.0 Å². The summed E-state index contributed by atoms with van der Waals surface area (Å²) >= 11 is 0. The van der Waals surface area contributed by atoms with Gasteiger partial charge in [0.15, 0.2) is 0 Å². The van der Waals surface area contributed by atoms with Gasteiger partial charge >= 0.3 is 0 Å². The lowest BCUT2D eigenvalue weighted by Crippen LogP contribution is -2.14. The molecule has 21 heavy (non-hydrogen) atoms. The van der Waals surface area contributed by atoms with E-state index in [1.807, 2.05) is 0 Å². The molecule has 0 fully saturated rings. The van der Waals surface area contributed by atoms with E-state index in [-0.39, 0.29) is 23.6 Å². The van der Waals surface area contributed by atoms with Crippen LogP contribution in [0.15, 0.2) is 30.5 Å². The molecule has 0 aliphatic carbocycles. The minimum absolute atomic E-state index is 0.109. The largest absolute Gasteiger partial charge is 0.480 e. The molecule has 7 heteroatoms. The van der Waals surface area contributed by atoms with Crippen molar-refractivity contribution in [3.05, 3.63) is 53.2 Å². The van der Waals surface area contributed by atoms with Gasteiger partial charge in [-0.15, -0.1) is 0 Å². The molecule has 5 nitrogen and oxygen atoms in total. The molecule has 0 spiro atoms. The number of pyridine rings is 1. The van der Waals surface area contributed by atoms with Crippen molar-refractivity contribution in [3.8, 4) is 5.88 Å². The zero-order valence-electron chi connectivity index (χ0n) is 11.2. The monoisotopic (exact) mass is 293 g/mol. The quantitative estimate of drug-likeness (QED) is 0.884. The Hall–Kier alpha value is -2.70. The zero-order chi connectivity index (χ0) is 15.4. The van der Waals surface area contributed by atoms with Crippen LogP contribution in [0.4, 0.5) is 14.5 Å². The van der Waals surface area contributed by atoms with Crippen LogP contribution in [0, 0.1) is 11.6 Å². The maximum Gasteiger partial charge on any atom is 0.254 e. The van der Waals surface area contributed by atoms with Gasteiger partial charge in [-0.05, 0) is 12.1 Å². The van der Waals surface area contributed by atoms with E-state index < -0.39 is 17.5 Å². The third-order valence-electron chi connectivity index (χ3n) is 2.81. The fourth-order valence-electron chi connectivity index (χ4n) is 1.75. The van der Waals surface area contributed by atoms with Crippen LogP contribution >= 0.6 is 0 Å². The van der Waals surface area contributed by atoms with Gasteiger partial charge in [0.2, 0.25) is 5.88 Å². The summed E-state index contributed by atoms with van der Waals surface area (Å²) in [6.45, 7) is 0.109. The van der Waals surface area contributed by atoms with E-state index >= 15 is 0 Å². The number of benzene rings is 1. The molecule has 0 saturated carbocycles. The number of primary amides is 1. The third-order valence-corrected chi connectivity index (χ3v) is 2.81. The van der Waals surface area contributed by atoms with Crippen LogP contribution in [0.3, 0.4) is 0 Å². The Morgan fingerprint density at radius 2 is 2.14 bits per heavy atom. The number of aromatic nitrogens is 1. The molecular formula is C14H13F2N3O2. The Balaban J connectivity index is 2.16. The van der Waals surface area contributed by atoms with E-state index in [4.69, 9.17) is 10.5 Å². The summed E-state index contributed by atoms with van der Waals surface area (Å²) < 4.78 is 31.2. The molecule has 2 rings (SSSR count). The van der Waals surface area contributed by atoms with Crippen LogP contribution < -0.4 is 15.8 Å². The minimum Gasteiger partial charge on any atom is -0.480 e. The molecule has 1 aromatic carbocycles. The lowest BCUT2D eigenvalue weighted by atomic mass is 10.2. The van der Waals surface area contributed by atoms with Gasteiger partial charge in [-0.2, -0.15) is 0 Å². The van der Waals surface area contributed by atoms with Crippen molar-refractivity contribution >= 4 is 11.6 Å². The van der Waals surface area contributed by atoms with Crippen LogP contribution in [-0.4, -0.2) is 18.0 Å². The first kappa shape index (κ1) is 14.7. The Bertz CT molecular complexity index is 677. The van der Waals surface area contributed by atoms with Gasteiger partial charge < -0.3 is 15.8 Å². The summed E-state index contributed by atoms with van der Waals surface area (Å²) in [7, 11) is 1.37. The van der Waals surface area contributed by atoms with Crippen molar-refractivity contribution < 1.29 is 18.3 Å². The second-order valence-electron chi connectivity index (χ2n) is 4.23. The number of nitrogens with zero attached hydrogens (tertiary/aromatic N) is 1. The van der Waals surface area contributed by atoms with Gasteiger partial charge in [-0.3, -0.25) is 4.79 Å². The van der Waals surface area contributed by atoms with Crippen molar-refractivity contribution in [1.29, 1.82) is 0 Å². The number of hydrogen-bond donors (Lipinski definition) is 2. The maximum absolute atomic E-state index is 13.5. The summed E-state index contributed by atoms with van der Waals surface area (Å²) in [5.74, 6) is -1.87. The topological polar surface area (TPSA) is 77.2 Å². The second-order valence-corrected chi connectivity index (χ2v) is 4.23. The number of hydrogen-bond acceptors (Lipinski definition) is 4. The van der Waals surface area contributed by atoms with Crippen molar-refractivity contribution in [2.45, 2.75) is 6.54 Å². The van der Waals surface area contributed by atoms with Gasteiger partial charge in [0.25, 0.3) is 5.91 Å². The highest BCUT2D eigenvalue weighted by Crippen LogP contribution is 2.19.